The van der Waals surface area contributed by atoms with Crippen LogP contribution in [0.2, 0.25) is 20.1 Å². The van der Waals surface area contributed by atoms with Crippen LogP contribution >= 0.6 is 69.1 Å². The Hall–Kier alpha value is -3.28. The molecule has 6 aromatic rings. The van der Waals surface area contributed by atoms with Crippen molar-refractivity contribution in [3.63, 3.8) is 0 Å². The van der Waals surface area contributed by atoms with Gasteiger partial charge in [-0.3, -0.25) is 0 Å². The fourth-order valence-electron chi connectivity index (χ4n) is 7.45. The van der Waals surface area contributed by atoms with Crippen LogP contribution in [0.4, 0.5) is 10.3 Å². The molecule has 0 atom stereocenters. The Morgan fingerprint density at radius 2 is 0.919 bits per heavy atom. The molecule has 10 nitrogen and oxygen atoms in total. The number of aryl methyl sites for hydroxylation is 3. The maximum Gasteiger partial charge on any atom is 0.243 e. The molecule has 0 unspecified atom stereocenters. The van der Waals surface area contributed by atoms with Gasteiger partial charge < -0.3 is 9.80 Å². The minimum atomic E-state index is -3.64. The van der Waals surface area contributed by atoms with Gasteiger partial charge in [0.1, 0.15) is 0 Å². The summed E-state index contributed by atoms with van der Waals surface area (Å²) in [6.45, 7) is 12.4. The third kappa shape index (κ3) is 11.0. The summed E-state index contributed by atoms with van der Waals surface area (Å²) in [4.78, 5) is 14.2. The van der Waals surface area contributed by atoms with Crippen molar-refractivity contribution < 1.29 is 16.8 Å². The largest absolute Gasteiger partial charge is 0.345 e. The van der Waals surface area contributed by atoms with Gasteiger partial charge in [-0.25, -0.2) is 26.8 Å². The average Bonchev–Trinajstić information content (AvgIpc) is 3.91. The van der Waals surface area contributed by atoms with Gasteiger partial charge in [-0.15, -0.1) is 22.7 Å². The number of rotatable bonds is 10. The van der Waals surface area contributed by atoms with Crippen molar-refractivity contribution in [3.05, 3.63) is 148 Å². The van der Waals surface area contributed by atoms with Crippen molar-refractivity contribution in [1.82, 2.24) is 18.6 Å². The lowest BCUT2D eigenvalue weighted by molar-refractivity contribution is 0.384. The first-order valence-electron chi connectivity index (χ1n) is 19.9. The summed E-state index contributed by atoms with van der Waals surface area (Å²) in [5.74, 6) is 0. The summed E-state index contributed by atoms with van der Waals surface area (Å²) in [5.41, 5.74) is 9.81. The fraction of sp³-hybridized carbons (Fsp3) is 0.318. The van der Waals surface area contributed by atoms with Gasteiger partial charge >= 0.3 is 0 Å². The number of benzene rings is 4. The summed E-state index contributed by atoms with van der Waals surface area (Å²) in [6, 6.07) is 21.5. The summed E-state index contributed by atoms with van der Waals surface area (Å²) < 4.78 is 54.9. The highest BCUT2D eigenvalue weighted by molar-refractivity contribution is 7.89. The fourth-order valence-corrected chi connectivity index (χ4v) is 13.5. The molecule has 8 rings (SSSR count). The quantitative estimate of drug-likeness (QED) is 0.134. The lowest BCUT2D eigenvalue weighted by Crippen LogP contribution is -2.48. The second-order valence-corrected chi connectivity index (χ2v) is 22.6. The van der Waals surface area contributed by atoms with E-state index in [1.54, 1.807) is 22.7 Å². The van der Waals surface area contributed by atoms with Crippen molar-refractivity contribution in [1.29, 1.82) is 0 Å². The minimum absolute atomic E-state index is 0.128. The Balaban J connectivity index is 0.000000186. The molecule has 4 heterocycles. The van der Waals surface area contributed by atoms with Crippen LogP contribution in [0.1, 0.15) is 44.8 Å². The molecule has 0 aliphatic carbocycles. The smallest absolute Gasteiger partial charge is 0.243 e. The third-order valence-electron chi connectivity index (χ3n) is 11.1. The van der Waals surface area contributed by atoms with Gasteiger partial charge in [-0.2, -0.15) is 8.61 Å². The van der Waals surface area contributed by atoms with Crippen LogP contribution in [0.25, 0.3) is 0 Å². The first-order valence-corrected chi connectivity index (χ1v) is 26.0. The van der Waals surface area contributed by atoms with Crippen molar-refractivity contribution in [2.75, 3.05) is 62.2 Å². The Morgan fingerprint density at radius 1 is 0.532 bits per heavy atom. The Kier molecular flexibility index (Phi) is 15.0. The van der Waals surface area contributed by atoms with Crippen LogP contribution in [0.15, 0.2) is 93.3 Å². The number of nitrogens with zero attached hydrogens (tertiary/aromatic N) is 6. The van der Waals surface area contributed by atoms with Crippen LogP contribution in [0.3, 0.4) is 0 Å². The van der Waals surface area contributed by atoms with Gasteiger partial charge in [-0.1, -0.05) is 82.8 Å². The predicted molar refractivity (Wildman–Crippen MR) is 257 cm³/mol. The standard InChI is InChI=1S/2C22H23Cl2N3O2S2/c1-15-4-3-5-17(16(15)2)10-20-14-30-22(25-20)26-6-8-27(9-7-26)31(28,29)21-12-18(23)11-19(24)13-21;1-15-4-3-5-16(2)21(15)13-19-14-30-22(25-19)26-6-8-27(9-7-26)31(28,29)20-11-17(23)10-18(24)12-20/h3-5,11-14H,6-10H2,1-2H3;3-5,10-12,14H,6-9,13H2,1-2H3. The zero-order valence-corrected chi connectivity index (χ0v) is 40.9. The zero-order chi connectivity index (χ0) is 44.3. The first kappa shape index (κ1) is 46.7. The van der Waals surface area contributed by atoms with E-state index >= 15 is 0 Å². The van der Waals surface area contributed by atoms with Crippen molar-refractivity contribution >= 4 is 99.4 Å². The summed E-state index contributed by atoms with van der Waals surface area (Å²) >= 11 is 27.2. The van der Waals surface area contributed by atoms with Crippen LogP contribution in [0.5, 0.6) is 0 Å². The SMILES string of the molecule is Cc1cccc(C)c1Cc1csc(N2CCN(S(=O)(=O)c3cc(Cl)cc(Cl)c3)CC2)n1.Cc1cccc(Cc2csc(N3CCN(S(=O)(=O)c4cc(Cl)cc(Cl)c4)CC3)n2)c1C. The van der Waals surface area contributed by atoms with E-state index in [-0.39, 0.29) is 9.79 Å². The minimum Gasteiger partial charge on any atom is -0.345 e. The summed E-state index contributed by atoms with van der Waals surface area (Å²) in [5, 5.41) is 7.29. The maximum atomic E-state index is 13.0. The molecule has 0 spiro atoms. The molecule has 2 fully saturated rings. The number of sulfonamides is 2. The Morgan fingerprint density at radius 3 is 1.35 bits per heavy atom. The molecule has 0 radical (unpaired) electrons. The number of hydrogen-bond donors (Lipinski definition) is 0. The molecular weight excluding hydrogens is 947 g/mol. The Bertz CT molecular complexity index is 2720. The highest BCUT2D eigenvalue weighted by Crippen LogP contribution is 2.31. The maximum absolute atomic E-state index is 13.0. The first-order chi connectivity index (χ1) is 29.5. The molecule has 4 aromatic carbocycles. The van der Waals surface area contributed by atoms with E-state index in [1.165, 1.54) is 78.4 Å². The molecular formula is C44H46Cl4N6O4S4. The highest BCUT2D eigenvalue weighted by atomic mass is 35.5. The van der Waals surface area contributed by atoms with Crippen LogP contribution in [-0.4, -0.2) is 87.8 Å². The van der Waals surface area contributed by atoms with Crippen LogP contribution in [0, 0.1) is 27.7 Å². The van der Waals surface area contributed by atoms with Gasteiger partial charge in [0, 0.05) is 96.1 Å². The molecule has 0 N–H and O–H groups in total. The summed E-state index contributed by atoms with van der Waals surface area (Å²) in [6.07, 6.45) is 1.60. The molecule has 2 aliphatic rings. The van der Waals surface area contributed by atoms with Gasteiger partial charge in [0.15, 0.2) is 10.3 Å². The molecule has 0 bridgehead atoms. The van der Waals surface area contributed by atoms with Crippen molar-refractivity contribution in [3.8, 4) is 0 Å². The van der Waals surface area contributed by atoms with E-state index < -0.39 is 20.0 Å². The van der Waals surface area contributed by atoms with Gasteiger partial charge in [0.25, 0.3) is 0 Å². The van der Waals surface area contributed by atoms with Gasteiger partial charge in [-0.05, 0) is 97.5 Å². The molecule has 328 valence electrons. The molecule has 2 aliphatic heterocycles. The van der Waals surface area contributed by atoms with E-state index in [1.807, 2.05) is 0 Å². The lowest BCUT2D eigenvalue weighted by atomic mass is 9.99. The topological polar surface area (TPSA) is 107 Å². The predicted octanol–water partition coefficient (Wildman–Crippen LogP) is 10.3. The Labute approximate surface area is 392 Å². The molecule has 0 amide bonds. The summed E-state index contributed by atoms with van der Waals surface area (Å²) in [7, 11) is -7.27. The van der Waals surface area contributed by atoms with Gasteiger partial charge in [0.05, 0.1) is 21.2 Å². The number of piperazine rings is 2. The van der Waals surface area contributed by atoms with Crippen LogP contribution in [-0.2, 0) is 32.9 Å². The number of aromatic nitrogens is 2. The van der Waals surface area contributed by atoms with E-state index in [0.29, 0.717) is 72.4 Å². The van der Waals surface area contributed by atoms with Crippen LogP contribution < -0.4 is 9.80 Å². The van der Waals surface area contributed by atoms with E-state index in [4.69, 9.17) is 56.4 Å². The third-order valence-corrected chi connectivity index (χ3v) is 17.7. The number of hydrogen-bond acceptors (Lipinski definition) is 10. The monoisotopic (exact) mass is 990 g/mol. The second-order valence-electron chi connectivity index (χ2n) is 15.3. The molecule has 62 heavy (non-hydrogen) atoms. The lowest BCUT2D eigenvalue weighted by Gasteiger charge is -2.33. The molecule has 2 aromatic heterocycles. The molecule has 2 saturated heterocycles. The average molecular weight is 993 g/mol. The van der Waals surface area contributed by atoms with Gasteiger partial charge in [0.2, 0.25) is 20.0 Å². The zero-order valence-electron chi connectivity index (χ0n) is 34.6. The molecule has 18 heteroatoms. The van der Waals surface area contributed by atoms with E-state index in [9.17, 15) is 16.8 Å². The normalized spacial score (nSPS) is 15.4. The molecule has 0 saturated carbocycles. The number of thiazole rings is 2. The number of halogens is 4. The van der Waals surface area contributed by atoms with E-state index in [2.05, 4.69) is 84.7 Å². The van der Waals surface area contributed by atoms with Crippen molar-refractivity contribution in [2.45, 2.75) is 50.3 Å². The van der Waals surface area contributed by atoms with Crippen molar-refractivity contribution in [2.24, 2.45) is 0 Å². The highest BCUT2D eigenvalue weighted by Gasteiger charge is 2.31. The van der Waals surface area contributed by atoms with E-state index in [0.717, 1.165) is 34.5 Å². The second kappa shape index (κ2) is 19.9. The number of anilines is 2.